The normalized spacial score (nSPS) is 15.8. The second kappa shape index (κ2) is 15.9. The molecule has 13 nitrogen and oxygen atoms in total. The van der Waals surface area contributed by atoms with Crippen molar-refractivity contribution in [3.05, 3.63) is 99.8 Å². The number of para-hydroxylation sites is 1. The number of halogens is 1. The van der Waals surface area contributed by atoms with Crippen molar-refractivity contribution in [2.75, 3.05) is 38.9 Å². The lowest BCUT2D eigenvalue weighted by Crippen LogP contribution is -2.46. The molecule has 52 heavy (non-hydrogen) atoms. The number of benzene rings is 3. The van der Waals surface area contributed by atoms with Gasteiger partial charge in [-0.25, -0.2) is 14.3 Å². The molecule has 2 atom stereocenters. The summed E-state index contributed by atoms with van der Waals surface area (Å²) in [5.74, 6) is -1.85. The molecule has 0 spiro atoms. The molecule has 0 aliphatic carbocycles. The van der Waals surface area contributed by atoms with Gasteiger partial charge in [0, 0.05) is 47.1 Å². The Morgan fingerprint density at radius 3 is 2.37 bits per heavy atom. The molecule has 1 aliphatic heterocycles. The first kappa shape index (κ1) is 37.8. The quantitative estimate of drug-likeness (QED) is 0.159. The Balaban J connectivity index is 1.71. The van der Waals surface area contributed by atoms with Gasteiger partial charge in [0.15, 0.2) is 11.5 Å². The summed E-state index contributed by atoms with van der Waals surface area (Å²) in [7, 11) is 3.02. The number of carbonyl (C=O) groups is 4. The van der Waals surface area contributed by atoms with Gasteiger partial charge in [0.25, 0.3) is 5.91 Å². The number of aromatic nitrogens is 2. The van der Waals surface area contributed by atoms with E-state index in [0.717, 1.165) is 0 Å². The molecule has 14 heteroatoms. The molecule has 3 aromatic carbocycles. The van der Waals surface area contributed by atoms with E-state index in [4.69, 9.17) is 35.3 Å². The smallest absolute Gasteiger partial charge is 0.341 e. The van der Waals surface area contributed by atoms with Gasteiger partial charge in [-0.15, -0.1) is 0 Å². The van der Waals surface area contributed by atoms with E-state index in [1.165, 1.54) is 44.2 Å². The number of anilines is 1. The first-order valence-corrected chi connectivity index (χ1v) is 16.8. The van der Waals surface area contributed by atoms with Crippen LogP contribution in [0.1, 0.15) is 71.3 Å². The Morgan fingerprint density at radius 2 is 1.73 bits per heavy atom. The summed E-state index contributed by atoms with van der Waals surface area (Å²) in [5, 5.41) is 14.3. The van der Waals surface area contributed by atoms with Crippen LogP contribution in [0.5, 0.6) is 11.5 Å². The third kappa shape index (κ3) is 8.05. The first-order chi connectivity index (χ1) is 24.8. The predicted molar refractivity (Wildman–Crippen MR) is 191 cm³/mol. The van der Waals surface area contributed by atoms with Gasteiger partial charge in [0.1, 0.15) is 17.8 Å². The number of nitrogens with zero attached hydrogens (tertiary/aromatic N) is 3. The van der Waals surface area contributed by atoms with Crippen molar-refractivity contribution >= 4 is 41.1 Å². The van der Waals surface area contributed by atoms with Crippen molar-refractivity contribution in [3.63, 3.8) is 0 Å². The molecule has 274 valence electrons. The highest BCUT2D eigenvalue weighted by molar-refractivity contribution is 6.30. The van der Waals surface area contributed by atoms with E-state index in [1.54, 1.807) is 60.4 Å². The molecular weight excluding hydrogens is 694 g/mol. The fraction of sp³-hybridized carbons (Fsp3) is 0.342. The number of carbonyl (C=O) groups excluding carboxylic acids is 3. The van der Waals surface area contributed by atoms with E-state index in [2.05, 4.69) is 5.10 Å². The third-order valence-electron chi connectivity index (χ3n) is 8.47. The summed E-state index contributed by atoms with van der Waals surface area (Å²) in [4.78, 5) is 53.2. The lowest BCUT2D eigenvalue weighted by atomic mass is 9.92. The molecule has 0 unspecified atom stereocenters. The lowest BCUT2D eigenvalue weighted by Gasteiger charge is -2.33. The highest BCUT2D eigenvalue weighted by Crippen LogP contribution is 2.46. The number of rotatable bonds is 13. The number of carboxylic acids is 1. The maximum Gasteiger partial charge on any atom is 0.341 e. The van der Waals surface area contributed by atoms with Crippen molar-refractivity contribution in [2.45, 2.75) is 46.3 Å². The van der Waals surface area contributed by atoms with E-state index in [0.29, 0.717) is 44.7 Å². The molecule has 0 radical (unpaired) electrons. The average molecular weight is 734 g/mol. The maximum absolute atomic E-state index is 15.0. The standard InChI is InChI=1S/C38H40ClN3O10/c1-7-50-37(47)28-19-40-42(25-14-11-23(12-15-25)36(45)46)30(28)18-32-35(44)41(20-38(3,4)21-51-22(2)43)29-16-13-24(39)17-27(29)33(52-32)26-9-8-10-31(48-5)34(26)49-6/h8-17,19,32-33H,7,18,20-21H2,1-6H3,(H,45,46)/t32-,33-/m1/s1. The van der Waals surface area contributed by atoms with Gasteiger partial charge in [-0.05, 0) is 55.5 Å². The Bertz CT molecular complexity index is 1970. The van der Waals surface area contributed by atoms with E-state index >= 15 is 0 Å². The number of ether oxygens (including phenoxy) is 5. The molecule has 0 saturated heterocycles. The van der Waals surface area contributed by atoms with Crippen molar-refractivity contribution in [1.29, 1.82) is 0 Å². The highest BCUT2D eigenvalue weighted by atomic mass is 35.5. The van der Waals surface area contributed by atoms with Gasteiger partial charge >= 0.3 is 17.9 Å². The zero-order chi connectivity index (χ0) is 37.7. The summed E-state index contributed by atoms with van der Waals surface area (Å²) in [6.07, 6.45) is -1.01. The van der Waals surface area contributed by atoms with Gasteiger partial charge in [-0.1, -0.05) is 37.6 Å². The second-order valence-electron chi connectivity index (χ2n) is 12.9. The molecule has 1 aliphatic rings. The van der Waals surface area contributed by atoms with Crippen LogP contribution in [0, 0.1) is 5.41 Å². The summed E-state index contributed by atoms with van der Waals surface area (Å²) in [5.41, 5.74) is 1.78. The molecular formula is C38H40ClN3O10. The van der Waals surface area contributed by atoms with Crippen LogP contribution < -0.4 is 14.4 Å². The molecule has 1 N–H and O–H groups in total. The predicted octanol–water partition coefficient (Wildman–Crippen LogP) is 6.07. The third-order valence-corrected chi connectivity index (χ3v) is 8.71. The molecule has 4 aromatic rings. The minimum absolute atomic E-state index is 0.0276. The van der Waals surface area contributed by atoms with Gasteiger partial charge in [0.05, 0.1) is 50.6 Å². The van der Waals surface area contributed by atoms with Crippen LogP contribution in [0.3, 0.4) is 0 Å². The van der Waals surface area contributed by atoms with Gasteiger partial charge < -0.3 is 33.7 Å². The fourth-order valence-electron chi connectivity index (χ4n) is 6.09. The van der Waals surface area contributed by atoms with Crippen molar-refractivity contribution < 1.29 is 48.0 Å². The second-order valence-corrected chi connectivity index (χ2v) is 13.3. The first-order valence-electron chi connectivity index (χ1n) is 16.5. The molecule has 0 fully saturated rings. The summed E-state index contributed by atoms with van der Waals surface area (Å²) < 4.78 is 30.5. The van der Waals surface area contributed by atoms with E-state index in [9.17, 15) is 24.3 Å². The number of hydrogen-bond acceptors (Lipinski definition) is 10. The van der Waals surface area contributed by atoms with Crippen molar-refractivity contribution in [3.8, 4) is 17.2 Å². The minimum atomic E-state index is -1.25. The number of fused-ring (bicyclic) bond motifs is 1. The maximum atomic E-state index is 15.0. The number of carboxylic acid groups (broad SMARTS) is 1. The molecule has 1 amide bonds. The lowest BCUT2D eigenvalue weighted by molar-refractivity contribution is -0.143. The van der Waals surface area contributed by atoms with Crippen LogP contribution >= 0.6 is 11.6 Å². The summed E-state index contributed by atoms with van der Waals surface area (Å²) >= 11 is 6.60. The SMILES string of the molecule is CCOC(=O)c1cnn(-c2ccc(C(=O)O)cc2)c1C[C@H]1O[C@H](c2cccc(OC)c2OC)c2cc(Cl)ccc2N(CC(C)(C)COC(C)=O)C1=O. The Kier molecular flexibility index (Phi) is 11.6. The molecule has 2 heterocycles. The van der Waals surface area contributed by atoms with Crippen molar-refractivity contribution in [1.82, 2.24) is 9.78 Å². The van der Waals surface area contributed by atoms with Crippen LogP contribution in [-0.2, 0) is 30.2 Å². The molecule has 1 aromatic heterocycles. The highest BCUT2D eigenvalue weighted by Gasteiger charge is 2.41. The van der Waals surface area contributed by atoms with Gasteiger partial charge in [-0.3, -0.25) is 9.59 Å². The van der Waals surface area contributed by atoms with Crippen LogP contribution in [-0.4, -0.2) is 78.8 Å². The Hall–Kier alpha value is -5.40. The summed E-state index contributed by atoms with van der Waals surface area (Å²) in [6, 6.07) is 16.4. The number of amides is 1. The zero-order valence-electron chi connectivity index (χ0n) is 29.7. The van der Waals surface area contributed by atoms with Gasteiger partial charge in [-0.2, -0.15) is 5.10 Å². The average Bonchev–Trinajstić information content (AvgIpc) is 3.50. The van der Waals surface area contributed by atoms with E-state index in [-0.39, 0.29) is 37.3 Å². The van der Waals surface area contributed by atoms with E-state index < -0.39 is 41.4 Å². The Morgan fingerprint density at radius 1 is 1.00 bits per heavy atom. The van der Waals surface area contributed by atoms with Crippen LogP contribution in [0.2, 0.25) is 5.02 Å². The minimum Gasteiger partial charge on any atom is -0.493 e. The van der Waals surface area contributed by atoms with E-state index in [1.807, 2.05) is 13.8 Å². The van der Waals surface area contributed by atoms with Crippen LogP contribution in [0.25, 0.3) is 5.69 Å². The largest absolute Gasteiger partial charge is 0.493 e. The fourth-order valence-corrected chi connectivity index (χ4v) is 6.27. The van der Waals surface area contributed by atoms with Crippen molar-refractivity contribution in [2.24, 2.45) is 5.41 Å². The van der Waals surface area contributed by atoms with Gasteiger partial charge in [0.2, 0.25) is 0 Å². The molecule has 5 rings (SSSR count). The monoisotopic (exact) mass is 733 g/mol. The van der Waals surface area contributed by atoms with Crippen LogP contribution in [0.4, 0.5) is 5.69 Å². The Labute approximate surface area is 305 Å². The van der Waals surface area contributed by atoms with Crippen LogP contribution in [0.15, 0.2) is 66.9 Å². The number of aromatic carboxylic acids is 1. The topological polar surface area (TPSA) is 156 Å². The number of methoxy groups -OCH3 is 2. The number of hydrogen-bond donors (Lipinski definition) is 1. The summed E-state index contributed by atoms with van der Waals surface area (Å²) in [6.45, 7) is 6.97. The molecule has 0 bridgehead atoms. The molecule has 0 saturated carbocycles. The number of esters is 2. The zero-order valence-corrected chi connectivity index (χ0v) is 30.4.